The predicted octanol–water partition coefficient (Wildman–Crippen LogP) is 3.72. The first-order valence-corrected chi connectivity index (χ1v) is 8.25. The average Bonchev–Trinajstić information content (AvgIpc) is 2.93. The van der Waals surface area contributed by atoms with Gasteiger partial charge in [0.05, 0.1) is 24.5 Å². The fourth-order valence-electron chi connectivity index (χ4n) is 3.13. The van der Waals surface area contributed by atoms with Crippen LogP contribution >= 0.6 is 11.6 Å². The van der Waals surface area contributed by atoms with Gasteiger partial charge in [0.1, 0.15) is 23.4 Å². The normalized spacial score (nSPS) is 11.1. The Morgan fingerprint density at radius 2 is 2.04 bits per heavy atom. The average molecular weight is 367 g/mol. The summed E-state index contributed by atoms with van der Waals surface area (Å²) in [6, 6.07) is 13.5. The lowest BCUT2D eigenvalue weighted by molar-refractivity contribution is 0.629. The minimum atomic E-state index is -0.421. The summed E-state index contributed by atoms with van der Waals surface area (Å²) in [5, 5.41) is 10.2. The van der Waals surface area contributed by atoms with Gasteiger partial charge < -0.3 is 4.57 Å². The van der Waals surface area contributed by atoms with Gasteiger partial charge in [0, 0.05) is 10.4 Å². The van der Waals surface area contributed by atoms with Crippen LogP contribution in [0.15, 0.2) is 53.6 Å². The number of aromatic nitrogens is 3. The fraction of sp³-hybridized carbons (Fsp3) is 0.105. The first-order valence-electron chi connectivity index (χ1n) is 7.87. The van der Waals surface area contributed by atoms with Crippen molar-refractivity contribution in [2.45, 2.75) is 13.1 Å². The Morgan fingerprint density at radius 3 is 2.81 bits per heavy atom. The number of rotatable bonds is 3. The summed E-state index contributed by atoms with van der Waals surface area (Å²) in [6.07, 6.45) is 1.43. The van der Waals surface area contributed by atoms with Crippen LogP contribution in [0.2, 0.25) is 5.02 Å². The zero-order valence-corrected chi connectivity index (χ0v) is 14.2. The molecule has 0 radical (unpaired) electrons. The van der Waals surface area contributed by atoms with Crippen molar-refractivity contribution < 1.29 is 4.39 Å². The minimum Gasteiger partial charge on any atom is -0.321 e. The third kappa shape index (κ3) is 2.54. The van der Waals surface area contributed by atoms with E-state index in [2.05, 4.69) is 4.98 Å². The molecule has 0 amide bonds. The number of hydrogen-bond donors (Lipinski definition) is 0. The van der Waals surface area contributed by atoms with Gasteiger partial charge in [-0.2, -0.15) is 5.26 Å². The van der Waals surface area contributed by atoms with E-state index in [0.29, 0.717) is 21.4 Å². The van der Waals surface area contributed by atoms with Crippen molar-refractivity contribution in [3.63, 3.8) is 0 Å². The van der Waals surface area contributed by atoms with Crippen molar-refractivity contribution in [3.05, 3.63) is 75.5 Å². The summed E-state index contributed by atoms with van der Waals surface area (Å²) in [4.78, 5) is 17.4. The van der Waals surface area contributed by atoms with Crippen molar-refractivity contribution in [1.29, 1.82) is 5.26 Å². The van der Waals surface area contributed by atoms with Gasteiger partial charge in [-0.3, -0.25) is 9.36 Å². The van der Waals surface area contributed by atoms with Crippen LogP contribution in [0.25, 0.3) is 21.9 Å². The minimum absolute atomic E-state index is 0.0291. The number of halogens is 2. The predicted molar refractivity (Wildman–Crippen MR) is 97.6 cm³/mol. The molecule has 0 saturated heterocycles. The Balaban J connectivity index is 1.99. The molecule has 0 atom stereocenters. The second-order valence-electron chi connectivity index (χ2n) is 5.87. The van der Waals surface area contributed by atoms with E-state index in [9.17, 15) is 9.18 Å². The highest BCUT2D eigenvalue weighted by atomic mass is 35.5. The summed E-state index contributed by atoms with van der Waals surface area (Å²) in [5.41, 5.74) is 1.74. The highest BCUT2D eigenvalue weighted by Gasteiger charge is 2.17. The monoisotopic (exact) mass is 366 g/mol. The summed E-state index contributed by atoms with van der Waals surface area (Å²) in [6.45, 7) is 0.225. The molecule has 4 aromatic rings. The van der Waals surface area contributed by atoms with Gasteiger partial charge in [0.2, 0.25) is 0 Å². The van der Waals surface area contributed by atoms with Gasteiger partial charge in [-0.25, -0.2) is 9.37 Å². The third-order valence-electron chi connectivity index (χ3n) is 4.32. The molecule has 26 heavy (non-hydrogen) atoms. The highest BCUT2D eigenvalue weighted by molar-refractivity contribution is 6.31. The van der Waals surface area contributed by atoms with Crippen LogP contribution < -0.4 is 5.56 Å². The van der Waals surface area contributed by atoms with Gasteiger partial charge >= 0.3 is 0 Å². The van der Waals surface area contributed by atoms with E-state index >= 15 is 0 Å². The van der Waals surface area contributed by atoms with E-state index < -0.39 is 5.82 Å². The van der Waals surface area contributed by atoms with Gasteiger partial charge in [0.15, 0.2) is 0 Å². The molecule has 2 aromatic heterocycles. The van der Waals surface area contributed by atoms with Crippen LogP contribution in [0, 0.1) is 17.1 Å². The maximum Gasteiger partial charge on any atom is 0.278 e. The van der Waals surface area contributed by atoms with E-state index in [0.717, 1.165) is 5.56 Å². The molecule has 0 aliphatic rings. The van der Waals surface area contributed by atoms with Crippen LogP contribution in [0.5, 0.6) is 0 Å². The molecule has 4 rings (SSSR count). The summed E-state index contributed by atoms with van der Waals surface area (Å²) >= 11 is 6.18. The van der Waals surface area contributed by atoms with Crippen LogP contribution in [0.3, 0.4) is 0 Å². The van der Waals surface area contributed by atoms with E-state index in [4.69, 9.17) is 16.9 Å². The summed E-state index contributed by atoms with van der Waals surface area (Å²) in [5.74, 6) is -0.421. The number of benzene rings is 2. The van der Waals surface area contributed by atoms with Crippen LogP contribution in [0.1, 0.15) is 5.56 Å². The zero-order valence-electron chi connectivity index (χ0n) is 13.5. The first-order chi connectivity index (χ1) is 12.6. The number of fused-ring (bicyclic) bond motifs is 3. The molecule has 0 spiro atoms. The van der Waals surface area contributed by atoms with E-state index in [-0.39, 0.29) is 24.2 Å². The molecule has 0 unspecified atom stereocenters. The number of nitriles is 1. The third-order valence-corrected chi connectivity index (χ3v) is 4.68. The van der Waals surface area contributed by atoms with Crippen LogP contribution in [0.4, 0.5) is 4.39 Å². The van der Waals surface area contributed by atoms with Gasteiger partial charge in [-0.05, 0) is 29.8 Å². The molecule has 128 valence electrons. The van der Waals surface area contributed by atoms with E-state index in [1.807, 2.05) is 24.3 Å². The molecule has 0 saturated carbocycles. The van der Waals surface area contributed by atoms with Crippen molar-refractivity contribution in [2.75, 3.05) is 0 Å². The highest BCUT2D eigenvalue weighted by Crippen LogP contribution is 2.26. The molecule has 0 bridgehead atoms. The standard InChI is InChI=1S/C19H12ClFN4O/c20-15-4-2-1-3-12(15)10-24-11-23-17-14-9-13(21)5-6-16(14)25(8-7-22)18(17)19(24)26/h1-6,9,11H,8,10H2. The molecule has 0 fully saturated rings. The molecular weight excluding hydrogens is 355 g/mol. The number of nitrogens with zero attached hydrogens (tertiary/aromatic N) is 4. The second-order valence-corrected chi connectivity index (χ2v) is 6.28. The van der Waals surface area contributed by atoms with E-state index in [1.165, 1.54) is 23.0 Å². The fourth-order valence-corrected chi connectivity index (χ4v) is 3.33. The molecule has 0 aliphatic carbocycles. The Kier molecular flexibility index (Phi) is 3.94. The maximum atomic E-state index is 13.7. The Morgan fingerprint density at radius 1 is 1.23 bits per heavy atom. The molecule has 7 heteroatoms. The summed E-state index contributed by atoms with van der Waals surface area (Å²) < 4.78 is 16.7. The molecule has 2 aromatic carbocycles. The van der Waals surface area contributed by atoms with Crippen molar-refractivity contribution in [2.24, 2.45) is 0 Å². The van der Waals surface area contributed by atoms with Crippen molar-refractivity contribution in [1.82, 2.24) is 14.1 Å². The Bertz CT molecular complexity index is 1250. The van der Waals surface area contributed by atoms with Gasteiger partial charge in [-0.15, -0.1) is 0 Å². The zero-order chi connectivity index (χ0) is 18.3. The number of hydrogen-bond acceptors (Lipinski definition) is 3. The Labute approximate surface area is 152 Å². The largest absolute Gasteiger partial charge is 0.321 e. The smallest absolute Gasteiger partial charge is 0.278 e. The summed E-state index contributed by atoms with van der Waals surface area (Å²) in [7, 11) is 0. The maximum absolute atomic E-state index is 13.7. The van der Waals surface area contributed by atoms with Crippen LogP contribution in [-0.4, -0.2) is 14.1 Å². The molecule has 2 heterocycles. The van der Waals surface area contributed by atoms with Crippen LogP contribution in [-0.2, 0) is 13.1 Å². The first kappa shape index (κ1) is 16.3. The quantitative estimate of drug-likeness (QED) is 0.555. The molecule has 0 aliphatic heterocycles. The lowest BCUT2D eigenvalue weighted by Crippen LogP contribution is -2.23. The molecular formula is C19H12ClFN4O. The Hall–Kier alpha value is -3.17. The van der Waals surface area contributed by atoms with Crippen molar-refractivity contribution >= 4 is 33.5 Å². The lowest BCUT2D eigenvalue weighted by Gasteiger charge is -2.08. The van der Waals surface area contributed by atoms with E-state index in [1.54, 1.807) is 16.7 Å². The van der Waals surface area contributed by atoms with Gasteiger partial charge in [-0.1, -0.05) is 29.8 Å². The van der Waals surface area contributed by atoms with Gasteiger partial charge in [0.25, 0.3) is 5.56 Å². The topological polar surface area (TPSA) is 63.6 Å². The SMILES string of the molecule is N#CCn1c2ccc(F)cc2c2ncn(Cc3ccccc3Cl)c(=O)c21. The lowest BCUT2D eigenvalue weighted by atomic mass is 10.2. The van der Waals surface area contributed by atoms with Crippen molar-refractivity contribution in [3.8, 4) is 6.07 Å². The second kappa shape index (κ2) is 6.28. The molecule has 0 N–H and O–H groups in total. The molecule has 5 nitrogen and oxygen atoms in total.